The van der Waals surface area contributed by atoms with Crippen molar-refractivity contribution in [2.45, 2.75) is 39.2 Å². The van der Waals surface area contributed by atoms with Gasteiger partial charge in [0.25, 0.3) is 11.8 Å². The van der Waals surface area contributed by atoms with Crippen LogP contribution in [-0.2, 0) is 46.4 Å². The molecule has 0 radical (unpaired) electrons. The zero-order valence-electron chi connectivity index (χ0n) is 25.3. The smallest absolute Gasteiger partial charge is 0.258 e. The van der Waals surface area contributed by atoms with Crippen LogP contribution in [0.5, 0.6) is 0 Å². The first-order chi connectivity index (χ1) is 21.5. The Morgan fingerprint density at radius 1 is 0.667 bits per heavy atom. The number of benzene rings is 2. The molecule has 0 fully saturated rings. The molecule has 3 rings (SSSR count). The highest BCUT2D eigenvalue weighted by molar-refractivity contribution is 6.28. The zero-order chi connectivity index (χ0) is 32.8. The van der Waals surface area contributed by atoms with E-state index >= 15 is 0 Å². The van der Waals surface area contributed by atoms with Crippen LogP contribution in [0, 0.1) is 5.92 Å². The number of rotatable bonds is 16. The molecule has 0 saturated carbocycles. The van der Waals surface area contributed by atoms with Gasteiger partial charge >= 0.3 is 0 Å². The van der Waals surface area contributed by atoms with E-state index in [0.717, 1.165) is 16.0 Å². The molecule has 0 aliphatic carbocycles. The summed E-state index contributed by atoms with van der Waals surface area (Å²) in [6, 6.07) is 14.7. The van der Waals surface area contributed by atoms with E-state index in [1.807, 2.05) is 19.9 Å². The highest BCUT2D eigenvalue weighted by Gasteiger charge is 2.25. The van der Waals surface area contributed by atoms with Crippen LogP contribution in [0.3, 0.4) is 0 Å². The third kappa shape index (κ3) is 11.7. The van der Waals surface area contributed by atoms with Gasteiger partial charge < -0.3 is 26.6 Å². The Morgan fingerprint density at radius 3 is 1.89 bits per heavy atom. The van der Waals surface area contributed by atoms with Gasteiger partial charge in [0.05, 0.1) is 25.3 Å². The van der Waals surface area contributed by atoms with Crippen LogP contribution < -0.4 is 31.5 Å². The second-order valence-electron chi connectivity index (χ2n) is 10.8. The lowest BCUT2D eigenvalue weighted by Gasteiger charge is -2.19. The first kappa shape index (κ1) is 34.2. The van der Waals surface area contributed by atoms with Crippen LogP contribution in [0.25, 0.3) is 0 Å². The summed E-state index contributed by atoms with van der Waals surface area (Å²) >= 11 is 0. The molecular formula is C32H38N6O7. The number of anilines is 1. The average molecular weight is 619 g/mol. The van der Waals surface area contributed by atoms with Gasteiger partial charge in [0.15, 0.2) is 0 Å². The fraction of sp³-hybridized carbons (Fsp3) is 0.344. The van der Waals surface area contributed by atoms with Crippen molar-refractivity contribution in [3.63, 3.8) is 0 Å². The predicted octanol–water partition coefficient (Wildman–Crippen LogP) is -0.103. The second-order valence-corrected chi connectivity index (χ2v) is 10.8. The number of hydrogen-bond donors (Lipinski definition) is 5. The van der Waals surface area contributed by atoms with Gasteiger partial charge in [-0.3, -0.25) is 33.6 Å². The summed E-state index contributed by atoms with van der Waals surface area (Å²) in [4.78, 5) is 86.6. The van der Waals surface area contributed by atoms with E-state index in [2.05, 4.69) is 26.6 Å². The lowest BCUT2D eigenvalue weighted by atomic mass is 10.1. The molecular weight excluding hydrogens is 580 g/mol. The van der Waals surface area contributed by atoms with Gasteiger partial charge in [0.2, 0.25) is 29.5 Å². The quantitative estimate of drug-likeness (QED) is 0.163. The summed E-state index contributed by atoms with van der Waals surface area (Å²) in [6.45, 7) is 3.35. The highest BCUT2D eigenvalue weighted by atomic mass is 16.2. The van der Waals surface area contributed by atoms with E-state index in [1.54, 1.807) is 48.5 Å². The molecule has 5 N–H and O–H groups in total. The molecule has 1 aliphatic heterocycles. The van der Waals surface area contributed by atoms with E-state index in [4.69, 9.17) is 0 Å². The van der Waals surface area contributed by atoms with E-state index in [0.29, 0.717) is 18.7 Å². The summed E-state index contributed by atoms with van der Waals surface area (Å²) in [6.07, 6.45) is 3.02. The van der Waals surface area contributed by atoms with Crippen LogP contribution in [0.4, 0.5) is 5.69 Å². The summed E-state index contributed by atoms with van der Waals surface area (Å²) < 4.78 is 0. The van der Waals surface area contributed by atoms with Crippen LogP contribution in [0.15, 0.2) is 66.7 Å². The van der Waals surface area contributed by atoms with Crippen molar-refractivity contribution in [2.75, 3.05) is 31.1 Å². The van der Waals surface area contributed by atoms with Crippen molar-refractivity contribution in [1.29, 1.82) is 0 Å². The molecule has 7 amide bonds. The normalized spacial score (nSPS) is 12.9. The number of hydrogen-bond acceptors (Lipinski definition) is 7. The predicted molar refractivity (Wildman–Crippen MR) is 165 cm³/mol. The SMILES string of the molecule is CC(C)CNC(=O)CNC(=O)[C@H](Cc1ccccc1)NC(=O)CNC(=O)CNC(=O)CCc1ccc(N2C(=O)C=CC2=O)cc1. The Bertz CT molecular complexity index is 1410. The highest BCUT2D eigenvalue weighted by Crippen LogP contribution is 2.20. The first-order valence-electron chi connectivity index (χ1n) is 14.6. The Labute approximate surface area is 261 Å². The molecule has 238 valence electrons. The van der Waals surface area contributed by atoms with Crippen LogP contribution in [0.1, 0.15) is 31.4 Å². The summed E-state index contributed by atoms with van der Waals surface area (Å²) in [5.41, 5.74) is 2.02. The minimum absolute atomic E-state index is 0.0853. The molecule has 2 aromatic rings. The topological polar surface area (TPSA) is 183 Å². The molecule has 1 heterocycles. The Kier molecular flexibility index (Phi) is 13.0. The molecule has 1 atom stereocenters. The maximum atomic E-state index is 12.8. The average Bonchev–Trinajstić information content (AvgIpc) is 3.37. The van der Waals surface area contributed by atoms with Gasteiger partial charge in [-0.15, -0.1) is 0 Å². The molecule has 13 heteroatoms. The van der Waals surface area contributed by atoms with Gasteiger partial charge in [-0.05, 0) is 35.6 Å². The van der Waals surface area contributed by atoms with Gasteiger partial charge in [-0.1, -0.05) is 56.3 Å². The van der Waals surface area contributed by atoms with E-state index < -0.39 is 42.1 Å². The fourth-order valence-electron chi connectivity index (χ4n) is 4.21. The molecule has 45 heavy (non-hydrogen) atoms. The third-order valence-electron chi connectivity index (χ3n) is 6.60. The van der Waals surface area contributed by atoms with Crippen molar-refractivity contribution >= 4 is 47.0 Å². The van der Waals surface area contributed by atoms with Crippen molar-refractivity contribution in [2.24, 2.45) is 5.92 Å². The third-order valence-corrected chi connectivity index (χ3v) is 6.60. The molecule has 13 nitrogen and oxygen atoms in total. The number of nitrogens with zero attached hydrogens (tertiary/aromatic N) is 1. The largest absolute Gasteiger partial charge is 0.354 e. The number of aryl methyl sites for hydroxylation is 1. The summed E-state index contributed by atoms with van der Waals surface area (Å²) in [5.74, 6) is -3.07. The number of nitrogens with one attached hydrogen (secondary N) is 5. The molecule has 0 unspecified atom stereocenters. The molecule has 0 aromatic heterocycles. The van der Waals surface area contributed by atoms with Crippen molar-refractivity contribution < 1.29 is 33.6 Å². The standard InChI is InChI=1S/C32H38N6O7/c1-21(2)17-33-28(41)19-36-32(45)25(16-23-6-4-3-5-7-23)37-29(42)20-35-27(40)18-34-26(39)13-10-22-8-11-24(12-9-22)38-30(43)14-15-31(38)44/h3-9,11-12,14-15,21,25H,10,13,16-20H2,1-2H3,(H,33,41)(H,34,39)(H,35,40)(H,36,45)(H,37,42)/t25-/m0/s1. The maximum absolute atomic E-state index is 12.8. The number of imide groups is 1. The first-order valence-corrected chi connectivity index (χ1v) is 14.6. The lowest BCUT2D eigenvalue weighted by molar-refractivity contribution is -0.131. The van der Waals surface area contributed by atoms with Crippen LogP contribution in [0.2, 0.25) is 0 Å². The van der Waals surface area contributed by atoms with Crippen LogP contribution >= 0.6 is 0 Å². The summed E-state index contributed by atoms with van der Waals surface area (Å²) in [7, 11) is 0. The Hall–Kier alpha value is -5.33. The number of carbonyl (C=O) groups excluding carboxylic acids is 7. The van der Waals surface area contributed by atoms with Gasteiger partial charge in [-0.2, -0.15) is 0 Å². The molecule has 0 bridgehead atoms. The Balaban J connectivity index is 1.40. The molecule has 0 spiro atoms. The minimum Gasteiger partial charge on any atom is -0.354 e. The van der Waals surface area contributed by atoms with Gasteiger partial charge in [-0.25, -0.2) is 4.90 Å². The van der Waals surface area contributed by atoms with Crippen LogP contribution in [-0.4, -0.2) is 73.6 Å². The number of amides is 7. The van der Waals surface area contributed by atoms with Crippen molar-refractivity contribution in [1.82, 2.24) is 26.6 Å². The van der Waals surface area contributed by atoms with E-state index in [9.17, 15) is 33.6 Å². The monoisotopic (exact) mass is 618 g/mol. The number of carbonyl (C=O) groups is 7. The van der Waals surface area contributed by atoms with Crippen molar-refractivity contribution in [3.05, 3.63) is 77.9 Å². The fourth-order valence-corrected chi connectivity index (χ4v) is 4.21. The zero-order valence-corrected chi connectivity index (χ0v) is 25.3. The van der Waals surface area contributed by atoms with Crippen molar-refractivity contribution in [3.8, 4) is 0 Å². The molecule has 0 saturated heterocycles. The van der Waals surface area contributed by atoms with Gasteiger partial charge in [0, 0.05) is 31.5 Å². The Morgan fingerprint density at radius 2 is 1.24 bits per heavy atom. The van der Waals surface area contributed by atoms with E-state index in [1.165, 1.54) is 12.2 Å². The second kappa shape index (κ2) is 17.1. The van der Waals surface area contributed by atoms with Gasteiger partial charge in [0.1, 0.15) is 6.04 Å². The summed E-state index contributed by atoms with van der Waals surface area (Å²) in [5, 5.41) is 12.7. The minimum atomic E-state index is -0.989. The maximum Gasteiger partial charge on any atom is 0.258 e. The lowest BCUT2D eigenvalue weighted by Crippen LogP contribution is -2.52. The van der Waals surface area contributed by atoms with E-state index in [-0.39, 0.29) is 43.7 Å². The molecule has 1 aliphatic rings. The molecule has 2 aromatic carbocycles.